The molecule has 0 saturated heterocycles. The van der Waals surface area contributed by atoms with Gasteiger partial charge in [-0.15, -0.1) is 0 Å². The number of aromatic nitrogens is 2. The molecule has 0 aliphatic carbocycles. The van der Waals surface area contributed by atoms with E-state index < -0.39 is 17.8 Å². The van der Waals surface area contributed by atoms with E-state index in [9.17, 15) is 18.0 Å². The van der Waals surface area contributed by atoms with E-state index in [0.29, 0.717) is 11.1 Å². The van der Waals surface area contributed by atoms with Crippen LogP contribution < -0.4 is 11.3 Å². The van der Waals surface area contributed by atoms with Gasteiger partial charge in [0.05, 0.1) is 0 Å². The van der Waals surface area contributed by atoms with E-state index in [1.165, 1.54) is 35.9 Å². The largest absolute Gasteiger partial charge is 0.434 e. The number of hydrogen-bond donors (Lipinski definition) is 2. The fourth-order valence-electron chi connectivity index (χ4n) is 1.73. The highest BCUT2D eigenvalue weighted by Crippen LogP contribution is 2.30. The lowest BCUT2D eigenvalue weighted by atomic mass is 10.1. The lowest BCUT2D eigenvalue weighted by Gasteiger charge is -2.03. The molecule has 20 heavy (non-hydrogen) atoms. The van der Waals surface area contributed by atoms with E-state index in [0.717, 1.165) is 6.20 Å². The van der Waals surface area contributed by atoms with Gasteiger partial charge >= 0.3 is 6.18 Å². The summed E-state index contributed by atoms with van der Waals surface area (Å²) in [6.45, 7) is 0. The van der Waals surface area contributed by atoms with Crippen molar-refractivity contribution in [2.45, 2.75) is 6.18 Å². The maximum Gasteiger partial charge on any atom is 0.434 e. The maximum absolute atomic E-state index is 12.6. The van der Waals surface area contributed by atoms with Crippen LogP contribution in [0.3, 0.4) is 0 Å². The number of nitrogen functional groups attached to an aromatic ring is 1. The Kier molecular flexibility index (Phi) is 3.49. The Hall–Kier alpha value is -2.35. The number of hydrazine groups is 1. The van der Waals surface area contributed by atoms with Gasteiger partial charge in [0, 0.05) is 24.4 Å². The molecule has 1 amide bonds. The van der Waals surface area contributed by atoms with Crippen molar-refractivity contribution in [2.75, 3.05) is 0 Å². The van der Waals surface area contributed by atoms with Gasteiger partial charge in [0.2, 0.25) is 0 Å². The Morgan fingerprint density at radius 2 is 1.90 bits per heavy atom. The molecule has 3 N–H and O–H groups in total. The zero-order valence-electron chi connectivity index (χ0n) is 10.4. The van der Waals surface area contributed by atoms with Gasteiger partial charge in [-0.3, -0.25) is 10.2 Å². The zero-order valence-corrected chi connectivity index (χ0v) is 10.4. The van der Waals surface area contributed by atoms with Crippen LogP contribution in [0.1, 0.15) is 16.1 Å². The average molecular weight is 284 g/mol. The van der Waals surface area contributed by atoms with Crippen molar-refractivity contribution in [3.63, 3.8) is 0 Å². The Bertz CT molecular complexity index is 631. The molecule has 5 nitrogen and oxygen atoms in total. The van der Waals surface area contributed by atoms with Gasteiger partial charge in [0.1, 0.15) is 5.82 Å². The summed E-state index contributed by atoms with van der Waals surface area (Å²) in [5.41, 5.74) is 1.78. The minimum atomic E-state index is -4.49. The third kappa shape index (κ3) is 2.64. The molecule has 0 aliphatic heterocycles. The van der Waals surface area contributed by atoms with Gasteiger partial charge < -0.3 is 4.57 Å². The van der Waals surface area contributed by atoms with E-state index in [-0.39, 0.29) is 5.82 Å². The number of imidazole rings is 1. The van der Waals surface area contributed by atoms with Crippen molar-refractivity contribution in [1.82, 2.24) is 15.0 Å². The Labute approximate surface area is 112 Å². The van der Waals surface area contributed by atoms with Gasteiger partial charge in [-0.2, -0.15) is 13.2 Å². The summed E-state index contributed by atoms with van der Waals surface area (Å²) in [6.07, 6.45) is -3.58. The monoisotopic (exact) mass is 284 g/mol. The molecule has 0 radical (unpaired) electrons. The Balaban J connectivity index is 2.37. The predicted molar refractivity (Wildman–Crippen MR) is 65.3 cm³/mol. The average Bonchev–Trinajstić information content (AvgIpc) is 2.80. The molecule has 1 aromatic carbocycles. The van der Waals surface area contributed by atoms with E-state index in [4.69, 9.17) is 5.84 Å². The fraction of sp³-hybridized carbons (Fsp3) is 0.167. The number of benzene rings is 1. The van der Waals surface area contributed by atoms with Gasteiger partial charge in [0.25, 0.3) is 5.91 Å². The molecule has 0 fully saturated rings. The SMILES string of the molecule is Cn1cc(C(F)(F)F)nc1-c1ccc(C(=O)NN)cc1. The van der Waals surface area contributed by atoms with Gasteiger partial charge in [-0.1, -0.05) is 12.1 Å². The number of amides is 1. The van der Waals surface area contributed by atoms with Crippen molar-refractivity contribution < 1.29 is 18.0 Å². The molecule has 2 aromatic rings. The predicted octanol–water partition coefficient (Wildman–Crippen LogP) is 1.71. The number of rotatable bonds is 2. The molecule has 106 valence electrons. The van der Waals surface area contributed by atoms with Gasteiger partial charge in [-0.25, -0.2) is 10.8 Å². The first-order valence-corrected chi connectivity index (χ1v) is 5.55. The van der Waals surface area contributed by atoms with Crippen LogP contribution in [0.25, 0.3) is 11.4 Å². The number of halogens is 3. The Morgan fingerprint density at radius 3 is 2.35 bits per heavy atom. The summed E-state index contributed by atoms with van der Waals surface area (Å²) < 4.78 is 39.0. The highest BCUT2D eigenvalue weighted by molar-refractivity contribution is 5.94. The lowest BCUT2D eigenvalue weighted by molar-refractivity contribution is -0.140. The quantitative estimate of drug-likeness (QED) is 0.501. The van der Waals surface area contributed by atoms with Crippen LogP contribution in [0.15, 0.2) is 30.5 Å². The van der Waals surface area contributed by atoms with Crippen LogP contribution >= 0.6 is 0 Å². The fourth-order valence-corrected chi connectivity index (χ4v) is 1.73. The zero-order chi connectivity index (χ0) is 14.9. The summed E-state index contributed by atoms with van der Waals surface area (Å²) in [6, 6.07) is 5.93. The second kappa shape index (κ2) is 4.97. The minimum Gasteiger partial charge on any atom is -0.333 e. The number of carbonyl (C=O) groups is 1. The normalized spacial score (nSPS) is 11.4. The smallest absolute Gasteiger partial charge is 0.333 e. The highest BCUT2D eigenvalue weighted by atomic mass is 19.4. The summed E-state index contributed by atoms with van der Waals surface area (Å²) in [5.74, 6) is 4.67. The maximum atomic E-state index is 12.6. The molecule has 0 bridgehead atoms. The van der Waals surface area contributed by atoms with Crippen LogP contribution in [-0.4, -0.2) is 15.5 Å². The topological polar surface area (TPSA) is 72.9 Å². The second-order valence-electron chi connectivity index (χ2n) is 4.11. The van der Waals surface area contributed by atoms with Crippen LogP contribution in [0.2, 0.25) is 0 Å². The standard InChI is InChI=1S/C12H11F3N4O/c1-19-6-9(12(13,14)15)17-10(19)7-2-4-8(5-3-7)11(20)18-16/h2-6H,16H2,1H3,(H,18,20). The third-order valence-electron chi connectivity index (χ3n) is 2.70. The van der Waals surface area contributed by atoms with Gasteiger partial charge in [0.15, 0.2) is 5.69 Å². The number of nitrogens with one attached hydrogen (secondary N) is 1. The number of hydrogen-bond acceptors (Lipinski definition) is 3. The molecule has 0 atom stereocenters. The summed E-state index contributed by atoms with van der Waals surface area (Å²) in [7, 11) is 1.47. The van der Waals surface area contributed by atoms with E-state index in [1.807, 2.05) is 5.43 Å². The first kappa shape index (κ1) is 14.1. The molecule has 0 spiro atoms. The molecular weight excluding hydrogens is 273 g/mol. The minimum absolute atomic E-state index is 0.164. The van der Waals surface area contributed by atoms with Gasteiger partial charge in [-0.05, 0) is 12.1 Å². The molecule has 0 aliphatic rings. The number of alkyl halides is 3. The highest BCUT2D eigenvalue weighted by Gasteiger charge is 2.34. The molecule has 2 rings (SSSR count). The third-order valence-corrected chi connectivity index (χ3v) is 2.70. The van der Waals surface area contributed by atoms with Crippen molar-refractivity contribution >= 4 is 5.91 Å². The van der Waals surface area contributed by atoms with E-state index in [1.54, 1.807) is 0 Å². The summed E-state index contributed by atoms with van der Waals surface area (Å²) in [5, 5.41) is 0. The van der Waals surface area contributed by atoms with Crippen molar-refractivity contribution in [3.05, 3.63) is 41.7 Å². The van der Waals surface area contributed by atoms with E-state index >= 15 is 0 Å². The number of carbonyl (C=O) groups excluding carboxylic acids is 1. The van der Waals surface area contributed by atoms with Crippen LogP contribution in [0, 0.1) is 0 Å². The number of nitrogens with two attached hydrogens (primary N) is 1. The Morgan fingerprint density at radius 1 is 1.30 bits per heavy atom. The van der Waals surface area contributed by atoms with Crippen LogP contribution in [0.4, 0.5) is 13.2 Å². The molecular formula is C12H11F3N4O. The van der Waals surface area contributed by atoms with Crippen molar-refractivity contribution in [1.29, 1.82) is 0 Å². The molecule has 0 unspecified atom stereocenters. The molecule has 0 saturated carbocycles. The van der Waals surface area contributed by atoms with Crippen molar-refractivity contribution in [3.8, 4) is 11.4 Å². The lowest BCUT2D eigenvalue weighted by Crippen LogP contribution is -2.29. The van der Waals surface area contributed by atoms with Crippen LogP contribution in [-0.2, 0) is 13.2 Å². The number of aryl methyl sites for hydroxylation is 1. The van der Waals surface area contributed by atoms with E-state index in [2.05, 4.69) is 4.98 Å². The summed E-state index contributed by atoms with van der Waals surface area (Å²) in [4.78, 5) is 14.8. The molecule has 1 heterocycles. The summed E-state index contributed by atoms with van der Waals surface area (Å²) >= 11 is 0. The first-order chi connectivity index (χ1) is 9.32. The molecule has 1 aromatic heterocycles. The molecule has 8 heteroatoms. The van der Waals surface area contributed by atoms with Crippen molar-refractivity contribution in [2.24, 2.45) is 12.9 Å². The van der Waals surface area contributed by atoms with Crippen LogP contribution in [0.5, 0.6) is 0 Å². The first-order valence-electron chi connectivity index (χ1n) is 5.55. The number of nitrogens with zero attached hydrogens (tertiary/aromatic N) is 2. The second-order valence-corrected chi connectivity index (χ2v) is 4.11.